The molecule has 1 aliphatic heterocycles. The highest BCUT2D eigenvalue weighted by Crippen LogP contribution is 2.39. The first kappa shape index (κ1) is 23.3. The normalized spacial score (nSPS) is 24.7. The zero-order valence-electron chi connectivity index (χ0n) is 18.7. The van der Waals surface area contributed by atoms with Crippen molar-refractivity contribution in [2.45, 2.75) is 37.5 Å². The van der Waals surface area contributed by atoms with E-state index in [0.717, 1.165) is 0 Å². The van der Waals surface area contributed by atoms with Crippen molar-refractivity contribution < 1.29 is 13.1 Å². The Morgan fingerprint density at radius 2 is 1.91 bits per heavy atom. The van der Waals surface area contributed by atoms with Crippen LogP contribution in [0.5, 0.6) is 0 Å². The lowest BCUT2D eigenvalue weighted by molar-refractivity contribution is 0.432. The maximum atomic E-state index is 15.1. The molecule has 2 aromatic heterocycles. The van der Waals surface area contributed by atoms with E-state index in [2.05, 4.69) is 24.5 Å². The van der Waals surface area contributed by atoms with Crippen LogP contribution in [0.1, 0.15) is 32.8 Å². The second-order valence-electron chi connectivity index (χ2n) is 8.55. The number of aromatic nitrogens is 3. The van der Waals surface area contributed by atoms with Crippen molar-refractivity contribution in [3.63, 3.8) is 0 Å². The monoisotopic (exact) mass is 490 g/mol. The molecule has 0 bridgehead atoms. The third-order valence-electron chi connectivity index (χ3n) is 6.13. The molecule has 1 aromatic carbocycles. The fraction of sp³-hybridized carbons (Fsp3) is 0.364. The van der Waals surface area contributed by atoms with Crippen LogP contribution in [0.25, 0.3) is 22.8 Å². The van der Waals surface area contributed by atoms with E-state index < -0.39 is 25.8 Å². The Kier molecular flexibility index (Phi) is 5.78. The predicted molar refractivity (Wildman–Crippen MR) is 127 cm³/mol. The predicted octanol–water partition coefficient (Wildman–Crippen LogP) is 4.44. The molecule has 0 saturated heterocycles. The minimum Gasteiger partial charge on any atom is -0.386 e. The molecule has 2 N–H and O–H groups in total. The third kappa shape index (κ3) is 4.02. The van der Waals surface area contributed by atoms with Crippen molar-refractivity contribution in [2.75, 3.05) is 12.8 Å². The number of nitrogens with zero attached hydrogens (tertiary/aromatic N) is 5. The minimum atomic E-state index is -2.68. The second kappa shape index (κ2) is 8.18. The number of hydrogen-bond donors (Lipinski definition) is 1. The third-order valence-corrected chi connectivity index (χ3v) is 9.48. The number of amidine groups is 1. The van der Waals surface area contributed by atoms with Gasteiger partial charge in [-0.05, 0) is 45.4 Å². The van der Waals surface area contributed by atoms with Crippen LogP contribution in [0.15, 0.2) is 50.5 Å². The Hall–Kier alpha value is -2.85. The molecule has 4 rings (SSSR count). The van der Waals surface area contributed by atoms with E-state index in [9.17, 15) is 4.21 Å². The molecule has 0 fully saturated rings. The molecular formula is C22H24ClFN6O2S. The molecule has 0 radical (unpaired) electrons. The van der Waals surface area contributed by atoms with Crippen molar-refractivity contribution >= 4 is 27.2 Å². The first-order valence-electron chi connectivity index (χ1n) is 10.2. The summed E-state index contributed by atoms with van der Waals surface area (Å²) in [6.07, 6.45) is 3.24. The molecular weight excluding hydrogens is 467 g/mol. The molecule has 0 amide bonds. The van der Waals surface area contributed by atoms with Gasteiger partial charge in [0.05, 0.1) is 20.3 Å². The van der Waals surface area contributed by atoms with Gasteiger partial charge in [-0.25, -0.2) is 22.9 Å². The van der Waals surface area contributed by atoms with E-state index in [-0.39, 0.29) is 11.6 Å². The van der Waals surface area contributed by atoms with E-state index in [1.54, 1.807) is 39.0 Å². The first-order chi connectivity index (χ1) is 15.5. The van der Waals surface area contributed by atoms with Gasteiger partial charge in [0.25, 0.3) is 0 Å². The number of rotatable bonds is 3. The van der Waals surface area contributed by atoms with Crippen molar-refractivity contribution in [3.8, 4) is 22.8 Å². The largest absolute Gasteiger partial charge is 0.386 e. The summed E-state index contributed by atoms with van der Waals surface area (Å²) in [5.41, 5.74) is 6.59. The molecule has 0 spiro atoms. The van der Waals surface area contributed by atoms with Crippen LogP contribution >= 0.6 is 11.6 Å². The summed E-state index contributed by atoms with van der Waals surface area (Å²) in [7, 11) is -1.16. The summed E-state index contributed by atoms with van der Waals surface area (Å²) in [5, 5.41) is 4.42. The topological polar surface area (TPSA) is 120 Å². The molecule has 11 heteroatoms. The maximum absolute atomic E-state index is 15.1. The summed E-state index contributed by atoms with van der Waals surface area (Å²) in [6, 6.07) is 6.26. The van der Waals surface area contributed by atoms with Gasteiger partial charge in [0.1, 0.15) is 16.4 Å². The molecule has 0 unspecified atom stereocenters. The highest BCUT2D eigenvalue weighted by atomic mass is 35.5. The SMILES string of the molecule is CN=[S@]1(=O)CC[C@@](C)(c2cc(-c3cc(-c4ncc(Cl)cn4)no3)ccc2F)N=C(N)C1(C)C. The van der Waals surface area contributed by atoms with Crippen LogP contribution in [0.2, 0.25) is 5.02 Å². The highest BCUT2D eigenvalue weighted by molar-refractivity contribution is 7.95. The van der Waals surface area contributed by atoms with E-state index in [1.165, 1.54) is 25.5 Å². The van der Waals surface area contributed by atoms with Gasteiger partial charge < -0.3 is 10.3 Å². The van der Waals surface area contributed by atoms with Gasteiger partial charge >= 0.3 is 0 Å². The molecule has 3 heterocycles. The van der Waals surface area contributed by atoms with Crippen molar-refractivity contribution in [1.29, 1.82) is 0 Å². The number of hydrogen-bond acceptors (Lipinski definition) is 8. The summed E-state index contributed by atoms with van der Waals surface area (Å²) >= 11 is 5.84. The van der Waals surface area contributed by atoms with Crippen LogP contribution in [-0.4, -0.2) is 42.7 Å². The Bertz CT molecular complexity index is 1360. The lowest BCUT2D eigenvalue weighted by Crippen LogP contribution is -2.45. The van der Waals surface area contributed by atoms with Gasteiger partial charge in [-0.3, -0.25) is 4.99 Å². The van der Waals surface area contributed by atoms with Gasteiger partial charge in [-0.15, -0.1) is 0 Å². The van der Waals surface area contributed by atoms with Gasteiger partial charge in [0, 0.05) is 42.4 Å². The summed E-state index contributed by atoms with van der Waals surface area (Å²) in [4.78, 5) is 12.9. The molecule has 174 valence electrons. The Morgan fingerprint density at radius 1 is 1.21 bits per heavy atom. The maximum Gasteiger partial charge on any atom is 0.181 e. The van der Waals surface area contributed by atoms with Gasteiger partial charge in [0.2, 0.25) is 0 Å². The van der Waals surface area contributed by atoms with E-state index >= 15 is 4.39 Å². The van der Waals surface area contributed by atoms with Crippen molar-refractivity contribution in [2.24, 2.45) is 15.1 Å². The first-order valence-corrected chi connectivity index (χ1v) is 12.3. The van der Waals surface area contributed by atoms with Crippen LogP contribution in [0.3, 0.4) is 0 Å². The molecule has 0 saturated carbocycles. The Labute approximate surface area is 196 Å². The average molecular weight is 491 g/mol. The zero-order valence-corrected chi connectivity index (χ0v) is 20.2. The molecule has 1 aliphatic rings. The standard InChI is InChI=1S/C22H24ClFN6O2S/c1-21(2)20(25)29-22(3,7-8-33(21,31)26-4)15-9-13(5-6-16(15)24)18-10-17(30-32-18)19-27-11-14(23)12-28-19/h5-6,9-12H,7-8H2,1-4H3,(H2,25,29)/t22-,33-/m0/s1. The second-order valence-corrected chi connectivity index (χ2v) is 12.1. The number of nitrogens with two attached hydrogens (primary N) is 1. The number of halogens is 2. The van der Waals surface area contributed by atoms with Crippen LogP contribution < -0.4 is 5.73 Å². The van der Waals surface area contributed by atoms with Gasteiger partial charge in [-0.1, -0.05) is 16.8 Å². The average Bonchev–Trinajstić information content (AvgIpc) is 3.26. The quantitative estimate of drug-likeness (QED) is 0.579. The lowest BCUT2D eigenvalue weighted by atomic mass is 9.87. The Balaban J connectivity index is 1.76. The molecule has 0 aliphatic carbocycles. The summed E-state index contributed by atoms with van der Waals surface area (Å²) < 4.78 is 37.2. The molecule has 33 heavy (non-hydrogen) atoms. The molecule has 2 atom stereocenters. The molecule has 3 aromatic rings. The van der Waals surface area contributed by atoms with Gasteiger partial charge in [0.15, 0.2) is 17.3 Å². The van der Waals surface area contributed by atoms with E-state index in [1.807, 2.05) is 0 Å². The van der Waals surface area contributed by atoms with Crippen molar-refractivity contribution in [3.05, 3.63) is 53.1 Å². The smallest absolute Gasteiger partial charge is 0.181 e. The highest BCUT2D eigenvalue weighted by Gasteiger charge is 2.43. The van der Waals surface area contributed by atoms with Crippen LogP contribution in [0, 0.1) is 5.82 Å². The van der Waals surface area contributed by atoms with Crippen LogP contribution in [-0.2, 0) is 15.3 Å². The summed E-state index contributed by atoms with van der Waals surface area (Å²) in [5.74, 6) is 0.737. The Morgan fingerprint density at radius 3 is 2.58 bits per heavy atom. The van der Waals surface area contributed by atoms with E-state index in [4.69, 9.17) is 21.9 Å². The number of aliphatic imine (C=N–C) groups is 1. The van der Waals surface area contributed by atoms with E-state index in [0.29, 0.717) is 39.8 Å². The fourth-order valence-electron chi connectivity index (χ4n) is 3.78. The number of benzene rings is 1. The summed E-state index contributed by atoms with van der Waals surface area (Å²) in [6.45, 7) is 5.30. The zero-order chi connectivity index (χ0) is 24.0. The minimum absolute atomic E-state index is 0.185. The van der Waals surface area contributed by atoms with Gasteiger partial charge in [-0.2, -0.15) is 0 Å². The van der Waals surface area contributed by atoms with Crippen LogP contribution in [0.4, 0.5) is 4.39 Å². The molecule has 8 nitrogen and oxygen atoms in total. The van der Waals surface area contributed by atoms with Crippen molar-refractivity contribution in [1.82, 2.24) is 15.1 Å². The lowest BCUT2D eigenvalue weighted by Gasteiger charge is -2.26. The fourth-order valence-corrected chi connectivity index (χ4v) is 6.07.